The van der Waals surface area contributed by atoms with Gasteiger partial charge in [0.15, 0.2) is 0 Å². The lowest BCUT2D eigenvalue weighted by molar-refractivity contribution is 0.594. The molecule has 0 saturated carbocycles. The number of benzene rings is 9. The minimum Gasteiger partial charge on any atom is -0.310 e. The first-order chi connectivity index (χ1) is 44.6. The Bertz CT molecular complexity index is 4910. The molecule has 0 unspecified atom stereocenters. The van der Waals surface area contributed by atoms with Crippen molar-refractivity contribution >= 4 is 110 Å². The van der Waals surface area contributed by atoms with Gasteiger partial charge in [0.2, 0.25) is 0 Å². The number of hydrogen-bond donors (Lipinski definition) is 0. The van der Waals surface area contributed by atoms with Crippen molar-refractivity contribution in [1.82, 2.24) is 8.80 Å². The van der Waals surface area contributed by atoms with E-state index in [1.54, 1.807) is 121 Å². The molecule has 318 valence electrons. The van der Waals surface area contributed by atoms with Crippen LogP contribution in [0.5, 0.6) is 0 Å². The number of rotatable bonds is 6. The molecule has 4 heteroatoms. The van der Waals surface area contributed by atoms with E-state index < -0.39 is 212 Å². The van der Waals surface area contributed by atoms with Crippen LogP contribution in [0.1, 0.15) is 93.4 Å². The summed E-state index contributed by atoms with van der Waals surface area (Å²) in [6.07, 6.45) is 0. The fourth-order valence-electron chi connectivity index (χ4n) is 9.70. The molecule has 0 aliphatic rings. The number of nitrogens with zero attached hydrogens (tertiary/aromatic N) is 4. The van der Waals surface area contributed by atoms with Crippen LogP contribution in [0.15, 0.2) is 194 Å². The SMILES string of the molecule is [2H]c1c([2H])c(C(C([2H])([2H])[2H])(C([2H])([2H])[2H])C([2H])([2H])[2H])c2c(c1[2H])c1c(N(c3ccccc3)c3ccccc3)c([2H])c([2H])c3c4c([2H])c5c(c([2H])c4n2c31)c1c([2H])c([2H])c(N(c2ccccc2)c2ccccc2)c2c3c([2H])c([2H])c([2H])c(C(C([2H])([2H])[2H])(C([2H])([2H])[2H])C([2H])([2H])[2H])c3n5c12. The lowest BCUT2D eigenvalue weighted by Crippen LogP contribution is -2.12. The minimum absolute atomic E-state index is 0.254. The Hall–Kier alpha value is -7.82. The molecule has 13 aromatic rings. The van der Waals surface area contributed by atoms with E-state index in [1.807, 2.05) is 0 Å². The lowest BCUT2D eigenvalue weighted by Gasteiger charge is -2.26. The molecule has 66 heavy (non-hydrogen) atoms. The summed E-state index contributed by atoms with van der Waals surface area (Å²) in [4.78, 5) is 2.88. The van der Waals surface area contributed by atoms with Gasteiger partial charge >= 0.3 is 0 Å². The van der Waals surface area contributed by atoms with Crippen LogP contribution in [0, 0.1) is 0 Å². The summed E-state index contributed by atoms with van der Waals surface area (Å²) in [6.45, 7) is -25.2. The Labute approximate surface area is 427 Å². The number of hydrogen-bond acceptors (Lipinski definition) is 2. The second kappa shape index (κ2) is 13.8. The lowest BCUT2D eigenvalue weighted by atomic mass is 9.85. The van der Waals surface area contributed by atoms with Gasteiger partial charge in [-0.05, 0) is 94.7 Å². The third-order valence-electron chi connectivity index (χ3n) is 12.3. The Kier molecular flexibility index (Phi) is 3.98. The van der Waals surface area contributed by atoms with Gasteiger partial charge < -0.3 is 18.6 Å². The molecule has 0 radical (unpaired) electrons. The van der Waals surface area contributed by atoms with Crippen LogP contribution in [0.4, 0.5) is 34.1 Å². The number of anilines is 6. The number of aromatic nitrogens is 2. The zero-order valence-electron chi connectivity index (χ0n) is 64.3. The van der Waals surface area contributed by atoms with Crippen LogP contribution in [0.3, 0.4) is 0 Å². The molecule has 4 nitrogen and oxygen atoms in total. The van der Waals surface area contributed by atoms with E-state index in [1.165, 1.54) is 9.80 Å². The van der Waals surface area contributed by atoms with Crippen molar-refractivity contribution in [2.45, 2.75) is 51.9 Å². The van der Waals surface area contributed by atoms with Crippen molar-refractivity contribution in [3.05, 3.63) is 205 Å². The Balaban J connectivity index is 1.43. The van der Waals surface area contributed by atoms with Crippen LogP contribution >= 0.6 is 0 Å². The van der Waals surface area contributed by atoms with E-state index in [4.69, 9.17) is 24.7 Å². The third kappa shape index (κ3) is 5.39. The summed E-state index contributed by atoms with van der Waals surface area (Å²) in [5.41, 5.74) is -15.0. The summed E-state index contributed by atoms with van der Waals surface area (Å²) in [5.74, 6) is 0. The minimum atomic E-state index is -4.21. The molecule has 0 aliphatic heterocycles. The van der Waals surface area contributed by atoms with Gasteiger partial charge in [-0.1, -0.05) is 162 Å². The molecule has 4 heterocycles. The first kappa shape index (κ1) is 19.0. The second-order valence-electron chi connectivity index (χ2n) is 16.2. The highest BCUT2D eigenvalue weighted by Gasteiger charge is 2.31. The number of para-hydroxylation sites is 6. The molecule has 0 atom stereocenters. The fraction of sp³-hybridized carbons (Fsp3) is 0.129. The van der Waals surface area contributed by atoms with E-state index in [9.17, 15) is 16.4 Å². The van der Waals surface area contributed by atoms with Crippen molar-refractivity contribution in [3.63, 3.8) is 0 Å². The van der Waals surface area contributed by atoms with Crippen LogP contribution < -0.4 is 9.80 Å². The molecular formula is C62H50N4. The van der Waals surface area contributed by atoms with Crippen molar-refractivity contribution in [2.75, 3.05) is 9.80 Å². The molecule has 0 fully saturated rings. The molecule has 0 saturated heterocycles. The second-order valence-corrected chi connectivity index (χ2v) is 16.2. The normalized spacial score (nSPS) is 20.4. The van der Waals surface area contributed by atoms with Crippen LogP contribution in [0.2, 0.25) is 0 Å². The highest BCUT2D eigenvalue weighted by Crippen LogP contribution is 2.52. The zero-order valence-corrected chi connectivity index (χ0v) is 34.3. The molecule has 0 spiro atoms. The molecule has 13 rings (SSSR count). The van der Waals surface area contributed by atoms with Gasteiger partial charge in [-0.2, -0.15) is 0 Å². The molecule has 0 amide bonds. The Morgan fingerprint density at radius 3 is 1.06 bits per heavy atom. The fourth-order valence-corrected chi connectivity index (χ4v) is 9.70. The standard InChI is InChI=1S/C62H50N4/c1-61(2,3)49-31-19-29-45-55-51(63(39-21-11-7-12-22-39)40-23-13-8-14-24-40)35-33-43-47-38-54-48(37-53(47)65(57(45)49)59(43)55)44-34-36-52(64(41-25-15-9-16-26-41)42-27-17-10-18-28-42)56-46-30-20-32-50(62(4,5)6)58(46)66(54)60(44)56/h7-38H,1-6H3/i1D3,2D3,3D3,4D3,5D3,6D3,19D,20D,29D,30D,31D,32D,33D,34D,35D,36D,37D,38D. The Morgan fingerprint density at radius 1 is 0.379 bits per heavy atom. The van der Waals surface area contributed by atoms with Crippen molar-refractivity contribution in [2.24, 2.45) is 0 Å². The average molecular weight is 881 g/mol. The summed E-state index contributed by atoms with van der Waals surface area (Å²) < 4.78 is 286. The van der Waals surface area contributed by atoms with Crippen LogP contribution in [-0.4, -0.2) is 8.80 Å². The van der Waals surface area contributed by atoms with E-state index in [-0.39, 0.29) is 34.1 Å². The summed E-state index contributed by atoms with van der Waals surface area (Å²) >= 11 is 0. The summed E-state index contributed by atoms with van der Waals surface area (Å²) in [7, 11) is 0. The van der Waals surface area contributed by atoms with Gasteiger partial charge in [-0.25, -0.2) is 0 Å². The van der Waals surface area contributed by atoms with E-state index >= 15 is 0 Å². The van der Waals surface area contributed by atoms with Crippen molar-refractivity contribution in [1.29, 1.82) is 0 Å². The molecule has 9 aromatic carbocycles. The maximum atomic E-state index is 10.9. The van der Waals surface area contributed by atoms with Gasteiger partial charge in [0.25, 0.3) is 0 Å². The number of fused-ring (bicyclic) bond motifs is 12. The van der Waals surface area contributed by atoms with E-state index in [0.29, 0.717) is 0 Å². The predicted octanol–water partition coefficient (Wildman–Crippen LogP) is 17.5. The smallest absolute Gasteiger partial charge is 0.0653 e. The molecule has 4 aromatic heterocycles. The van der Waals surface area contributed by atoms with Crippen LogP contribution in [-0.2, 0) is 10.8 Å². The topological polar surface area (TPSA) is 15.3 Å². The Morgan fingerprint density at radius 2 is 0.727 bits per heavy atom. The summed E-state index contributed by atoms with van der Waals surface area (Å²) in [6, 6.07) is 20.2. The predicted molar refractivity (Wildman–Crippen MR) is 283 cm³/mol. The highest BCUT2D eigenvalue weighted by atomic mass is 15.2. The molecule has 0 bridgehead atoms. The van der Waals surface area contributed by atoms with Gasteiger partial charge in [-0.3, -0.25) is 0 Å². The molecule has 0 N–H and O–H groups in total. The third-order valence-corrected chi connectivity index (χ3v) is 12.3. The van der Waals surface area contributed by atoms with Gasteiger partial charge in [0.05, 0.1) is 60.9 Å². The maximum Gasteiger partial charge on any atom is 0.0653 e. The van der Waals surface area contributed by atoms with E-state index in [2.05, 4.69) is 0 Å². The van der Waals surface area contributed by atoms with Gasteiger partial charge in [0, 0.05) is 90.5 Å². The van der Waals surface area contributed by atoms with Crippen LogP contribution in [0.25, 0.3) is 76.2 Å². The first-order valence-corrected chi connectivity index (χ1v) is 20.8. The monoisotopic (exact) mass is 881 g/mol. The summed E-state index contributed by atoms with van der Waals surface area (Å²) in [5, 5.41) is -4.47. The molecule has 0 aliphatic carbocycles. The largest absolute Gasteiger partial charge is 0.310 e. The quantitative estimate of drug-likeness (QED) is 0.165. The highest BCUT2D eigenvalue weighted by molar-refractivity contribution is 6.32. The zero-order chi connectivity index (χ0) is 70.1. The van der Waals surface area contributed by atoms with Crippen molar-refractivity contribution in [3.8, 4) is 0 Å². The van der Waals surface area contributed by atoms with Crippen molar-refractivity contribution < 1.29 is 41.1 Å². The van der Waals surface area contributed by atoms with Gasteiger partial charge in [0.1, 0.15) is 0 Å². The van der Waals surface area contributed by atoms with E-state index in [0.717, 1.165) is 8.80 Å². The molecular weight excluding hydrogens is 801 g/mol. The average Bonchev–Trinajstić information content (AvgIpc) is 1.45. The first-order valence-electron chi connectivity index (χ1n) is 35.8. The van der Waals surface area contributed by atoms with Gasteiger partial charge in [-0.15, -0.1) is 0 Å². The maximum absolute atomic E-state index is 10.9.